The number of para-hydroxylation sites is 1. The van der Waals surface area contributed by atoms with Gasteiger partial charge in [0.2, 0.25) is 0 Å². The van der Waals surface area contributed by atoms with Crippen molar-refractivity contribution in [2.24, 2.45) is 0 Å². The molecule has 2 heterocycles. The number of anilines is 3. The number of carbonyl (C=O) groups is 1. The first-order valence-electron chi connectivity index (χ1n) is 8.59. The molecule has 1 aromatic heterocycles. The van der Waals surface area contributed by atoms with Crippen LogP contribution in [0, 0.1) is 5.82 Å². The molecular weight excluding hydrogens is 329 g/mol. The Kier molecular flexibility index (Phi) is 4.35. The number of nitrogens with one attached hydrogen (secondary N) is 1. The predicted octanol–water partition coefficient (Wildman–Crippen LogP) is 4.56. The topological polar surface area (TPSA) is 45.2 Å². The summed E-state index contributed by atoms with van der Waals surface area (Å²) in [6.07, 6.45) is 3.53. The normalized spacial score (nSPS) is 13.2. The summed E-state index contributed by atoms with van der Waals surface area (Å²) in [7, 11) is 0. The quantitative estimate of drug-likeness (QED) is 0.755. The van der Waals surface area contributed by atoms with Crippen LogP contribution in [0.5, 0.6) is 0 Å². The van der Waals surface area contributed by atoms with Crippen molar-refractivity contribution in [3.63, 3.8) is 0 Å². The number of carbonyl (C=O) groups excluding carboxylic acids is 1. The van der Waals surface area contributed by atoms with Crippen molar-refractivity contribution in [2.75, 3.05) is 16.8 Å². The number of aryl methyl sites for hydroxylation is 1. The molecule has 130 valence electrons. The molecule has 4 rings (SSSR count). The Balaban J connectivity index is 1.59. The molecule has 5 heteroatoms. The molecule has 2 aromatic carbocycles. The predicted molar refractivity (Wildman–Crippen MR) is 100 cm³/mol. The number of benzene rings is 2. The summed E-state index contributed by atoms with van der Waals surface area (Å²) in [4.78, 5) is 19.0. The van der Waals surface area contributed by atoms with Crippen LogP contribution in [0.2, 0.25) is 0 Å². The van der Waals surface area contributed by atoms with E-state index in [0.717, 1.165) is 29.9 Å². The highest BCUT2D eigenvalue weighted by molar-refractivity contribution is 6.06. The van der Waals surface area contributed by atoms with Crippen molar-refractivity contribution in [1.82, 2.24) is 4.98 Å². The van der Waals surface area contributed by atoms with Crippen molar-refractivity contribution in [3.8, 4) is 0 Å². The molecule has 0 spiro atoms. The minimum absolute atomic E-state index is 0.111. The van der Waals surface area contributed by atoms with Gasteiger partial charge in [0.1, 0.15) is 11.5 Å². The average Bonchev–Trinajstić information content (AvgIpc) is 2.69. The zero-order valence-electron chi connectivity index (χ0n) is 14.2. The summed E-state index contributed by atoms with van der Waals surface area (Å²) in [6, 6.07) is 17.6. The molecule has 0 unspecified atom stereocenters. The average molecular weight is 347 g/mol. The van der Waals surface area contributed by atoms with E-state index in [9.17, 15) is 9.18 Å². The number of nitrogens with zero attached hydrogens (tertiary/aromatic N) is 2. The van der Waals surface area contributed by atoms with E-state index in [4.69, 9.17) is 0 Å². The summed E-state index contributed by atoms with van der Waals surface area (Å²) >= 11 is 0. The molecule has 4 nitrogen and oxygen atoms in total. The van der Waals surface area contributed by atoms with Gasteiger partial charge in [-0.25, -0.2) is 4.39 Å². The lowest BCUT2D eigenvalue weighted by Gasteiger charge is -2.29. The molecule has 26 heavy (non-hydrogen) atoms. The number of aromatic nitrogens is 1. The second-order valence-corrected chi connectivity index (χ2v) is 6.25. The van der Waals surface area contributed by atoms with Gasteiger partial charge in [0.15, 0.2) is 0 Å². The van der Waals surface area contributed by atoms with E-state index in [1.165, 1.54) is 17.7 Å². The zero-order chi connectivity index (χ0) is 17.9. The van der Waals surface area contributed by atoms with Gasteiger partial charge in [0, 0.05) is 29.8 Å². The van der Waals surface area contributed by atoms with Gasteiger partial charge in [-0.2, -0.15) is 0 Å². The second-order valence-electron chi connectivity index (χ2n) is 6.25. The van der Waals surface area contributed by atoms with Crippen molar-refractivity contribution in [1.29, 1.82) is 0 Å². The summed E-state index contributed by atoms with van der Waals surface area (Å²) in [5.74, 6) is -0.398. The van der Waals surface area contributed by atoms with Crippen LogP contribution in [0.15, 0.2) is 66.9 Å². The van der Waals surface area contributed by atoms with Gasteiger partial charge in [-0.05, 0) is 60.9 Å². The first kappa shape index (κ1) is 16.3. The lowest BCUT2D eigenvalue weighted by molar-refractivity contribution is 0.0980. The van der Waals surface area contributed by atoms with Crippen LogP contribution in [0.25, 0.3) is 0 Å². The molecule has 1 aliphatic heterocycles. The van der Waals surface area contributed by atoms with Crippen LogP contribution in [-0.2, 0) is 6.42 Å². The molecule has 1 N–H and O–H groups in total. The molecule has 0 atom stereocenters. The zero-order valence-corrected chi connectivity index (χ0v) is 14.2. The Morgan fingerprint density at radius 2 is 1.85 bits per heavy atom. The maximum absolute atomic E-state index is 13.0. The summed E-state index contributed by atoms with van der Waals surface area (Å²) in [5.41, 5.74) is 4.02. The Hall–Kier alpha value is -3.21. The molecule has 1 aliphatic rings. The van der Waals surface area contributed by atoms with E-state index >= 15 is 0 Å². The fourth-order valence-electron chi connectivity index (χ4n) is 3.21. The molecule has 0 radical (unpaired) electrons. The van der Waals surface area contributed by atoms with Crippen molar-refractivity contribution >= 4 is 23.0 Å². The van der Waals surface area contributed by atoms with Crippen LogP contribution < -0.4 is 10.2 Å². The van der Waals surface area contributed by atoms with E-state index in [1.54, 1.807) is 35.4 Å². The third-order valence-corrected chi connectivity index (χ3v) is 4.47. The highest BCUT2D eigenvalue weighted by Gasteiger charge is 2.24. The largest absolute Gasteiger partial charge is 0.355 e. The van der Waals surface area contributed by atoms with Gasteiger partial charge in [-0.3, -0.25) is 9.78 Å². The van der Waals surface area contributed by atoms with Gasteiger partial charge < -0.3 is 10.2 Å². The van der Waals surface area contributed by atoms with E-state index in [-0.39, 0.29) is 11.7 Å². The van der Waals surface area contributed by atoms with Crippen LogP contribution in [0.4, 0.5) is 21.5 Å². The Labute approximate surface area is 151 Å². The van der Waals surface area contributed by atoms with E-state index < -0.39 is 0 Å². The fourth-order valence-corrected chi connectivity index (χ4v) is 3.21. The maximum atomic E-state index is 13.0. The molecule has 1 amide bonds. The first-order valence-corrected chi connectivity index (χ1v) is 8.59. The standard InChI is InChI=1S/C21H18FN3O/c22-16-7-9-17(10-8-16)24-18-11-12-23-19(14-18)21(26)25-13-3-5-15-4-1-2-6-20(15)25/h1-2,4,6-12,14H,3,5,13H2,(H,23,24). The Morgan fingerprint density at radius 3 is 2.69 bits per heavy atom. The molecule has 0 saturated carbocycles. The number of hydrogen-bond donors (Lipinski definition) is 1. The van der Waals surface area contributed by atoms with E-state index in [2.05, 4.69) is 16.4 Å². The molecular formula is C21H18FN3O. The highest BCUT2D eigenvalue weighted by atomic mass is 19.1. The molecule has 3 aromatic rings. The van der Waals surface area contributed by atoms with Crippen LogP contribution in [0.3, 0.4) is 0 Å². The van der Waals surface area contributed by atoms with Gasteiger partial charge in [0.25, 0.3) is 5.91 Å². The lowest BCUT2D eigenvalue weighted by Crippen LogP contribution is -2.35. The third kappa shape index (κ3) is 3.28. The molecule has 0 saturated heterocycles. The SMILES string of the molecule is O=C(c1cc(Nc2ccc(F)cc2)ccn1)N1CCCc2ccccc21. The number of hydrogen-bond acceptors (Lipinski definition) is 3. The monoisotopic (exact) mass is 347 g/mol. The van der Waals surface area contributed by atoms with E-state index in [1.807, 2.05) is 18.2 Å². The smallest absolute Gasteiger partial charge is 0.276 e. The molecule has 0 fully saturated rings. The van der Waals surface area contributed by atoms with Gasteiger partial charge >= 0.3 is 0 Å². The summed E-state index contributed by atoms with van der Waals surface area (Å²) in [6.45, 7) is 0.688. The minimum Gasteiger partial charge on any atom is -0.355 e. The van der Waals surface area contributed by atoms with Gasteiger partial charge in [0.05, 0.1) is 0 Å². The lowest BCUT2D eigenvalue weighted by atomic mass is 10.0. The number of amides is 1. The van der Waals surface area contributed by atoms with Gasteiger partial charge in [-0.1, -0.05) is 18.2 Å². The van der Waals surface area contributed by atoms with Crippen molar-refractivity contribution < 1.29 is 9.18 Å². The van der Waals surface area contributed by atoms with Gasteiger partial charge in [-0.15, -0.1) is 0 Å². The Bertz CT molecular complexity index is 940. The third-order valence-electron chi connectivity index (χ3n) is 4.47. The second kappa shape index (κ2) is 6.96. The highest BCUT2D eigenvalue weighted by Crippen LogP contribution is 2.28. The maximum Gasteiger partial charge on any atom is 0.276 e. The van der Waals surface area contributed by atoms with Crippen molar-refractivity contribution in [3.05, 3.63) is 83.9 Å². The van der Waals surface area contributed by atoms with Crippen molar-refractivity contribution in [2.45, 2.75) is 12.8 Å². The summed E-state index contributed by atoms with van der Waals surface area (Å²) in [5, 5.41) is 3.17. The molecule has 0 aliphatic carbocycles. The first-order chi connectivity index (χ1) is 12.7. The number of fused-ring (bicyclic) bond motifs is 1. The summed E-state index contributed by atoms with van der Waals surface area (Å²) < 4.78 is 13.0. The number of rotatable bonds is 3. The fraction of sp³-hybridized carbons (Fsp3) is 0.143. The number of halogens is 1. The van der Waals surface area contributed by atoms with Crippen LogP contribution in [-0.4, -0.2) is 17.4 Å². The van der Waals surface area contributed by atoms with Crippen LogP contribution in [0.1, 0.15) is 22.5 Å². The minimum atomic E-state index is -0.287. The molecule has 0 bridgehead atoms. The van der Waals surface area contributed by atoms with E-state index in [0.29, 0.717) is 12.2 Å². The number of pyridine rings is 1. The Morgan fingerprint density at radius 1 is 1.04 bits per heavy atom. The van der Waals surface area contributed by atoms with Crippen LogP contribution >= 0.6 is 0 Å².